The van der Waals surface area contributed by atoms with Crippen molar-refractivity contribution >= 4 is 46.4 Å². The van der Waals surface area contributed by atoms with Gasteiger partial charge in [-0.15, -0.1) is 0 Å². The molecule has 0 aliphatic carbocycles. The van der Waals surface area contributed by atoms with Crippen LogP contribution in [-0.2, 0) is 9.59 Å². The van der Waals surface area contributed by atoms with Crippen LogP contribution in [0.5, 0.6) is 5.75 Å². The van der Waals surface area contributed by atoms with Gasteiger partial charge in [0.25, 0.3) is 17.4 Å². The van der Waals surface area contributed by atoms with E-state index < -0.39 is 17.4 Å². The molecule has 1 aliphatic rings. The summed E-state index contributed by atoms with van der Waals surface area (Å²) < 4.78 is 5.61. The molecule has 1 aliphatic heterocycles. The van der Waals surface area contributed by atoms with Crippen LogP contribution in [0.25, 0.3) is 0 Å². The van der Waals surface area contributed by atoms with Crippen molar-refractivity contribution in [2.45, 2.75) is 12.5 Å². The molecule has 8 heteroatoms. The molecule has 2 aromatic carbocycles. The van der Waals surface area contributed by atoms with Crippen LogP contribution in [0.3, 0.4) is 0 Å². The fraction of sp³-hybridized carbons (Fsp3) is 0.125. The standard InChI is InChI=1S/C16H13Cl2N3O3/c1-16(15(23)21-20-11-4-2-3-9(17)7-11)14(22)19-12-8-10(18)5-6-13(12)24-16/h2-8,20H,1H3,(H,19,22)(H,21,23). The number of carbonyl (C=O) groups is 2. The minimum Gasteiger partial charge on any atom is -0.465 e. The number of benzene rings is 2. The van der Waals surface area contributed by atoms with Crippen molar-refractivity contribution in [1.29, 1.82) is 0 Å². The fourth-order valence-corrected chi connectivity index (χ4v) is 2.52. The second-order valence-electron chi connectivity index (χ2n) is 5.32. The maximum absolute atomic E-state index is 12.4. The SMILES string of the molecule is CC1(C(=O)NNc2cccc(Cl)c2)Oc2ccc(Cl)cc2NC1=O. The van der Waals surface area contributed by atoms with Crippen LogP contribution < -0.4 is 20.9 Å². The number of nitrogens with one attached hydrogen (secondary N) is 3. The number of fused-ring (bicyclic) bond motifs is 1. The Morgan fingerprint density at radius 1 is 1.17 bits per heavy atom. The van der Waals surface area contributed by atoms with Gasteiger partial charge in [-0.2, -0.15) is 0 Å². The van der Waals surface area contributed by atoms with E-state index in [1.54, 1.807) is 42.5 Å². The summed E-state index contributed by atoms with van der Waals surface area (Å²) in [6.45, 7) is 1.38. The zero-order valence-electron chi connectivity index (χ0n) is 12.5. The molecule has 0 spiro atoms. The molecule has 0 fully saturated rings. The average Bonchev–Trinajstić information content (AvgIpc) is 2.54. The van der Waals surface area contributed by atoms with E-state index in [0.29, 0.717) is 27.2 Å². The fourth-order valence-electron chi connectivity index (χ4n) is 2.16. The number of halogens is 2. The largest absolute Gasteiger partial charge is 0.465 e. The molecule has 3 N–H and O–H groups in total. The number of amides is 2. The van der Waals surface area contributed by atoms with Gasteiger partial charge in [-0.25, -0.2) is 0 Å². The third-order valence-corrected chi connectivity index (χ3v) is 3.99. The molecule has 0 saturated heterocycles. The number of hydrogen-bond acceptors (Lipinski definition) is 4. The molecule has 1 unspecified atom stereocenters. The summed E-state index contributed by atoms with van der Waals surface area (Å²) in [6, 6.07) is 11.5. The first kappa shape index (κ1) is 16.4. The third-order valence-electron chi connectivity index (χ3n) is 3.52. The van der Waals surface area contributed by atoms with Gasteiger partial charge in [0, 0.05) is 10.0 Å². The summed E-state index contributed by atoms with van der Waals surface area (Å²) in [6.07, 6.45) is 0. The normalized spacial score (nSPS) is 18.9. The van der Waals surface area contributed by atoms with E-state index >= 15 is 0 Å². The van der Waals surface area contributed by atoms with E-state index in [9.17, 15) is 9.59 Å². The number of carbonyl (C=O) groups excluding carboxylic acids is 2. The highest BCUT2D eigenvalue weighted by molar-refractivity contribution is 6.31. The van der Waals surface area contributed by atoms with Crippen molar-refractivity contribution in [3.63, 3.8) is 0 Å². The Labute approximate surface area is 148 Å². The average molecular weight is 366 g/mol. The topological polar surface area (TPSA) is 79.5 Å². The lowest BCUT2D eigenvalue weighted by Gasteiger charge is -2.33. The maximum atomic E-state index is 12.4. The smallest absolute Gasteiger partial charge is 0.292 e. The van der Waals surface area contributed by atoms with Crippen LogP contribution in [-0.4, -0.2) is 17.4 Å². The molecule has 0 saturated carbocycles. The van der Waals surface area contributed by atoms with Crippen LogP contribution in [0.15, 0.2) is 42.5 Å². The van der Waals surface area contributed by atoms with E-state index in [2.05, 4.69) is 16.2 Å². The molecule has 6 nitrogen and oxygen atoms in total. The number of hydrazine groups is 1. The Kier molecular flexibility index (Phi) is 4.26. The summed E-state index contributed by atoms with van der Waals surface area (Å²) in [5.74, 6) is -0.886. The number of anilines is 2. The number of rotatable bonds is 3. The summed E-state index contributed by atoms with van der Waals surface area (Å²) in [4.78, 5) is 24.8. The molecule has 2 amide bonds. The zero-order valence-corrected chi connectivity index (χ0v) is 14.0. The second-order valence-corrected chi connectivity index (χ2v) is 6.19. The molecule has 0 radical (unpaired) electrons. The molecular formula is C16H13Cl2N3O3. The predicted molar refractivity (Wildman–Crippen MR) is 92.3 cm³/mol. The lowest BCUT2D eigenvalue weighted by Crippen LogP contribution is -2.59. The molecule has 0 bridgehead atoms. The summed E-state index contributed by atoms with van der Waals surface area (Å²) in [5.41, 5.74) is 4.41. The van der Waals surface area contributed by atoms with Gasteiger partial charge in [-0.05, 0) is 43.3 Å². The summed E-state index contributed by atoms with van der Waals surface area (Å²) >= 11 is 11.8. The molecule has 124 valence electrons. The highest BCUT2D eigenvalue weighted by Crippen LogP contribution is 2.35. The van der Waals surface area contributed by atoms with Crippen LogP contribution in [0.1, 0.15) is 6.92 Å². The predicted octanol–water partition coefficient (Wildman–Crippen LogP) is 3.23. The lowest BCUT2D eigenvalue weighted by atomic mass is 10.0. The first-order valence-corrected chi connectivity index (χ1v) is 7.76. The van der Waals surface area contributed by atoms with Crippen molar-refractivity contribution in [3.8, 4) is 5.75 Å². The molecule has 1 atom stereocenters. The third kappa shape index (κ3) is 3.11. The van der Waals surface area contributed by atoms with Gasteiger partial charge in [0.2, 0.25) is 0 Å². The van der Waals surface area contributed by atoms with Crippen molar-refractivity contribution in [2.75, 3.05) is 10.7 Å². The van der Waals surface area contributed by atoms with E-state index in [1.807, 2.05) is 0 Å². The van der Waals surface area contributed by atoms with E-state index in [1.165, 1.54) is 6.92 Å². The van der Waals surface area contributed by atoms with Gasteiger partial charge in [0.05, 0.1) is 11.4 Å². The highest BCUT2D eigenvalue weighted by atomic mass is 35.5. The molecule has 0 aromatic heterocycles. The lowest BCUT2D eigenvalue weighted by molar-refractivity contribution is -0.146. The Morgan fingerprint density at radius 3 is 2.67 bits per heavy atom. The molecular weight excluding hydrogens is 353 g/mol. The quantitative estimate of drug-likeness (QED) is 0.576. The van der Waals surface area contributed by atoms with Gasteiger partial charge in [0.1, 0.15) is 5.75 Å². The Balaban J connectivity index is 1.76. The number of hydrogen-bond donors (Lipinski definition) is 3. The van der Waals surface area contributed by atoms with Crippen LogP contribution in [0.2, 0.25) is 10.0 Å². The molecule has 1 heterocycles. The first-order valence-electron chi connectivity index (χ1n) is 7.00. The Hall–Kier alpha value is -2.44. The van der Waals surface area contributed by atoms with E-state index in [0.717, 1.165) is 0 Å². The minimum atomic E-state index is -1.73. The summed E-state index contributed by atoms with van der Waals surface area (Å²) in [7, 11) is 0. The van der Waals surface area contributed by atoms with Gasteiger partial charge in [0.15, 0.2) is 0 Å². The highest BCUT2D eigenvalue weighted by Gasteiger charge is 2.47. The van der Waals surface area contributed by atoms with Crippen molar-refractivity contribution < 1.29 is 14.3 Å². The van der Waals surface area contributed by atoms with Gasteiger partial charge < -0.3 is 10.1 Å². The van der Waals surface area contributed by atoms with Crippen LogP contribution >= 0.6 is 23.2 Å². The number of ether oxygens (including phenoxy) is 1. The van der Waals surface area contributed by atoms with Gasteiger partial charge in [-0.3, -0.25) is 20.4 Å². The van der Waals surface area contributed by atoms with Crippen LogP contribution in [0.4, 0.5) is 11.4 Å². The summed E-state index contributed by atoms with van der Waals surface area (Å²) in [5, 5.41) is 3.59. The zero-order chi connectivity index (χ0) is 17.3. The Morgan fingerprint density at radius 2 is 1.92 bits per heavy atom. The van der Waals surface area contributed by atoms with Gasteiger partial charge in [-0.1, -0.05) is 29.3 Å². The molecule has 24 heavy (non-hydrogen) atoms. The molecule has 2 aromatic rings. The minimum absolute atomic E-state index is 0.361. The monoisotopic (exact) mass is 365 g/mol. The first-order chi connectivity index (χ1) is 11.4. The van der Waals surface area contributed by atoms with Crippen LogP contribution in [0, 0.1) is 0 Å². The van der Waals surface area contributed by atoms with Crippen molar-refractivity contribution in [3.05, 3.63) is 52.5 Å². The van der Waals surface area contributed by atoms with Crippen molar-refractivity contribution in [2.24, 2.45) is 0 Å². The molecule has 3 rings (SSSR count). The van der Waals surface area contributed by atoms with Crippen molar-refractivity contribution in [1.82, 2.24) is 5.43 Å². The second kappa shape index (κ2) is 6.22. The van der Waals surface area contributed by atoms with Gasteiger partial charge >= 0.3 is 0 Å². The van der Waals surface area contributed by atoms with E-state index in [-0.39, 0.29) is 0 Å². The maximum Gasteiger partial charge on any atom is 0.292 e. The van der Waals surface area contributed by atoms with E-state index in [4.69, 9.17) is 27.9 Å². The Bertz CT molecular complexity index is 828.